The van der Waals surface area contributed by atoms with E-state index in [1.807, 2.05) is 0 Å². The highest BCUT2D eigenvalue weighted by Gasteiger charge is 2.50. The summed E-state index contributed by atoms with van der Waals surface area (Å²) < 4.78 is 7.33. The Balaban J connectivity index is 1.67. The van der Waals surface area contributed by atoms with Gasteiger partial charge in [0, 0.05) is 31.8 Å². The van der Waals surface area contributed by atoms with Crippen LogP contribution in [-0.4, -0.2) is 73.5 Å². The molecule has 0 aromatic carbocycles. The van der Waals surface area contributed by atoms with Crippen LogP contribution in [0.2, 0.25) is 0 Å². The van der Waals surface area contributed by atoms with Crippen molar-refractivity contribution in [2.24, 2.45) is 5.73 Å². The number of nitrogens with one attached hydrogen (secondary N) is 1. The van der Waals surface area contributed by atoms with Crippen LogP contribution < -0.4 is 17.0 Å². The fraction of sp³-hybridized carbons (Fsp3) is 0.667. The highest BCUT2D eigenvalue weighted by molar-refractivity contribution is 5.86. The van der Waals surface area contributed by atoms with Crippen molar-refractivity contribution < 1.29 is 24.5 Å². The first-order valence-corrected chi connectivity index (χ1v) is 9.47. The number of rotatable bonds is 4. The summed E-state index contributed by atoms with van der Waals surface area (Å²) >= 11 is 0. The Kier molecular flexibility index (Phi) is 5.65. The van der Waals surface area contributed by atoms with Gasteiger partial charge in [0.05, 0.1) is 36.3 Å². The van der Waals surface area contributed by atoms with E-state index in [1.165, 1.54) is 21.7 Å². The number of aliphatic hydroxyl groups is 1. The first-order chi connectivity index (χ1) is 13.5. The van der Waals surface area contributed by atoms with Gasteiger partial charge in [-0.25, -0.2) is 4.79 Å². The second-order valence-corrected chi connectivity index (χ2v) is 8.09. The number of carbonyl (C=O) groups is 2. The second-order valence-electron chi connectivity index (χ2n) is 8.09. The number of carboxylic acids is 1. The van der Waals surface area contributed by atoms with E-state index in [0.717, 1.165) is 0 Å². The van der Waals surface area contributed by atoms with Gasteiger partial charge in [0.1, 0.15) is 0 Å². The first kappa shape index (κ1) is 21.2. The molecule has 160 valence electrons. The number of aromatic nitrogens is 2. The Labute approximate surface area is 166 Å². The quantitative estimate of drug-likeness (QED) is 0.461. The molecule has 3 rings (SSSR count). The lowest BCUT2D eigenvalue weighted by molar-refractivity contribution is -0.198. The number of nitrogens with zero attached hydrogens (tertiary/aromatic N) is 2. The van der Waals surface area contributed by atoms with Crippen LogP contribution in [0.1, 0.15) is 38.6 Å². The summed E-state index contributed by atoms with van der Waals surface area (Å²) in [6.07, 6.45) is 2.08. The molecule has 3 atom stereocenters. The normalized spacial score (nSPS) is 27.6. The highest BCUT2D eigenvalue weighted by Crippen LogP contribution is 2.43. The van der Waals surface area contributed by atoms with Gasteiger partial charge in [0.2, 0.25) is 5.91 Å². The molecule has 0 aliphatic carbocycles. The smallest absolute Gasteiger partial charge is 0.328 e. The predicted molar refractivity (Wildman–Crippen MR) is 100 cm³/mol. The number of H-pyrrole nitrogens is 1. The summed E-state index contributed by atoms with van der Waals surface area (Å²) in [4.78, 5) is 50.2. The van der Waals surface area contributed by atoms with Crippen molar-refractivity contribution in [2.75, 3.05) is 19.7 Å². The molecule has 2 fully saturated rings. The van der Waals surface area contributed by atoms with E-state index >= 15 is 0 Å². The fourth-order valence-electron chi connectivity index (χ4n) is 4.27. The zero-order valence-corrected chi connectivity index (χ0v) is 16.2. The third kappa shape index (κ3) is 4.41. The number of amides is 1. The largest absolute Gasteiger partial charge is 0.481 e. The van der Waals surface area contributed by atoms with Gasteiger partial charge < -0.3 is 25.6 Å². The lowest BCUT2D eigenvalue weighted by Crippen LogP contribution is -2.60. The second kappa shape index (κ2) is 7.73. The molecular formula is C18H26N4O7. The number of hydrogen-bond acceptors (Lipinski definition) is 7. The summed E-state index contributed by atoms with van der Waals surface area (Å²) in [6, 6.07) is -0.540. The minimum absolute atomic E-state index is 0.0748. The first-order valence-electron chi connectivity index (χ1n) is 9.47. The van der Waals surface area contributed by atoms with E-state index in [2.05, 4.69) is 4.98 Å². The summed E-state index contributed by atoms with van der Waals surface area (Å²) in [6.45, 7) is 2.38. The molecule has 0 bridgehead atoms. The number of aliphatic carboxylic acids is 1. The number of carboxylic acid groups (broad SMARTS) is 1. The molecule has 1 aromatic rings. The van der Waals surface area contributed by atoms with Gasteiger partial charge in [-0.15, -0.1) is 0 Å². The molecule has 1 aromatic heterocycles. The van der Waals surface area contributed by atoms with Gasteiger partial charge >= 0.3 is 11.7 Å². The standard InChI is InChI=1S/C18H26N4O7/c1-17(28)10-18(29-9-12(17)22-5-2-13(23)20-16(22)27)3-6-21(7-4-18)15(26)11(19)8-14(24)25/h2,5,11-12,28H,3-4,6-10,19H2,1H3,(H,24,25)(H,20,23,27)/t11-,12-,17-/m0/s1. The van der Waals surface area contributed by atoms with E-state index in [1.54, 1.807) is 6.92 Å². The average Bonchev–Trinajstić information content (AvgIpc) is 2.62. The number of aromatic amines is 1. The van der Waals surface area contributed by atoms with E-state index in [4.69, 9.17) is 15.6 Å². The van der Waals surface area contributed by atoms with E-state index in [-0.39, 0.29) is 13.0 Å². The molecule has 5 N–H and O–H groups in total. The molecule has 11 nitrogen and oxygen atoms in total. The number of ether oxygens (including phenoxy) is 1. The molecular weight excluding hydrogens is 384 g/mol. The van der Waals surface area contributed by atoms with Gasteiger partial charge in [-0.05, 0) is 19.8 Å². The third-order valence-corrected chi connectivity index (χ3v) is 5.83. The van der Waals surface area contributed by atoms with Crippen molar-refractivity contribution in [3.8, 4) is 0 Å². The Hall–Kier alpha value is -2.50. The topological polar surface area (TPSA) is 168 Å². The number of hydrogen-bond donors (Lipinski definition) is 4. The number of carbonyl (C=O) groups excluding carboxylic acids is 1. The van der Waals surface area contributed by atoms with Crippen molar-refractivity contribution in [1.82, 2.24) is 14.5 Å². The molecule has 0 radical (unpaired) electrons. The lowest BCUT2D eigenvalue weighted by Gasteiger charge is -2.51. The predicted octanol–water partition coefficient (Wildman–Crippen LogP) is -1.59. The SMILES string of the molecule is C[C@]1(O)CC2(CCN(C(=O)[C@@H](N)CC(=O)O)CC2)OC[C@@H]1n1ccc(=O)[nH]c1=O. The van der Waals surface area contributed by atoms with Crippen LogP contribution in [0.5, 0.6) is 0 Å². The minimum atomic E-state index is -1.27. The third-order valence-electron chi connectivity index (χ3n) is 5.83. The average molecular weight is 410 g/mol. The molecule has 29 heavy (non-hydrogen) atoms. The lowest BCUT2D eigenvalue weighted by atomic mass is 9.75. The maximum Gasteiger partial charge on any atom is 0.328 e. The van der Waals surface area contributed by atoms with Crippen LogP contribution in [0.15, 0.2) is 21.9 Å². The maximum atomic E-state index is 12.3. The van der Waals surface area contributed by atoms with Crippen LogP contribution in [-0.2, 0) is 14.3 Å². The van der Waals surface area contributed by atoms with Crippen LogP contribution in [0.4, 0.5) is 0 Å². The molecule has 11 heteroatoms. The Morgan fingerprint density at radius 1 is 1.38 bits per heavy atom. The van der Waals surface area contributed by atoms with Crippen molar-refractivity contribution in [3.05, 3.63) is 33.1 Å². The van der Waals surface area contributed by atoms with Crippen molar-refractivity contribution >= 4 is 11.9 Å². The van der Waals surface area contributed by atoms with Gasteiger partial charge in [-0.2, -0.15) is 0 Å². The van der Waals surface area contributed by atoms with Crippen LogP contribution in [0.3, 0.4) is 0 Å². The highest BCUT2D eigenvalue weighted by atomic mass is 16.5. The molecule has 2 aliphatic heterocycles. The minimum Gasteiger partial charge on any atom is -0.481 e. The van der Waals surface area contributed by atoms with Gasteiger partial charge in [0.25, 0.3) is 5.56 Å². The Morgan fingerprint density at radius 3 is 2.59 bits per heavy atom. The number of piperidine rings is 1. The van der Waals surface area contributed by atoms with Crippen LogP contribution in [0, 0.1) is 0 Å². The van der Waals surface area contributed by atoms with E-state index in [0.29, 0.717) is 25.9 Å². The molecule has 0 saturated carbocycles. The molecule has 2 aliphatic rings. The van der Waals surface area contributed by atoms with E-state index < -0.39 is 52.8 Å². The number of nitrogens with two attached hydrogens (primary N) is 1. The van der Waals surface area contributed by atoms with Crippen molar-refractivity contribution in [1.29, 1.82) is 0 Å². The van der Waals surface area contributed by atoms with Crippen molar-refractivity contribution in [3.63, 3.8) is 0 Å². The molecule has 1 spiro atoms. The van der Waals surface area contributed by atoms with E-state index in [9.17, 15) is 24.3 Å². The zero-order chi connectivity index (χ0) is 21.4. The summed E-state index contributed by atoms with van der Waals surface area (Å²) in [5.74, 6) is -1.54. The molecule has 3 heterocycles. The van der Waals surface area contributed by atoms with Crippen molar-refractivity contribution in [2.45, 2.75) is 55.9 Å². The molecule has 1 amide bonds. The van der Waals surface area contributed by atoms with Gasteiger partial charge in [-0.1, -0.05) is 0 Å². The molecule has 2 saturated heterocycles. The monoisotopic (exact) mass is 410 g/mol. The Bertz CT molecular complexity index is 898. The van der Waals surface area contributed by atoms with Crippen LogP contribution >= 0.6 is 0 Å². The summed E-state index contributed by atoms with van der Waals surface area (Å²) in [5.41, 5.74) is 2.61. The molecule has 0 unspecified atom stereocenters. The summed E-state index contributed by atoms with van der Waals surface area (Å²) in [5, 5.41) is 19.9. The van der Waals surface area contributed by atoms with Gasteiger partial charge in [0.15, 0.2) is 0 Å². The zero-order valence-electron chi connectivity index (χ0n) is 16.2. The number of likely N-dealkylation sites (tertiary alicyclic amines) is 1. The van der Waals surface area contributed by atoms with Crippen LogP contribution in [0.25, 0.3) is 0 Å². The summed E-state index contributed by atoms with van der Waals surface area (Å²) in [7, 11) is 0. The maximum absolute atomic E-state index is 12.3. The Morgan fingerprint density at radius 2 is 2.03 bits per heavy atom. The van der Waals surface area contributed by atoms with Gasteiger partial charge in [-0.3, -0.25) is 23.9 Å². The fourth-order valence-corrected chi connectivity index (χ4v) is 4.27.